The van der Waals surface area contributed by atoms with Gasteiger partial charge in [-0.2, -0.15) is 0 Å². The van der Waals surface area contributed by atoms with Crippen molar-refractivity contribution in [2.75, 3.05) is 12.3 Å². The molecule has 2 nitrogen and oxygen atoms in total. The maximum Gasteiger partial charge on any atom is 0.173 e. The lowest BCUT2D eigenvalue weighted by Crippen LogP contribution is -2.05. The zero-order chi connectivity index (χ0) is 13.0. The van der Waals surface area contributed by atoms with Crippen molar-refractivity contribution in [1.82, 2.24) is 0 Å². The van der Waals surface area contributed by atoms with Crippen molar-refractivity contribution in [2.24, 2.45) is 0 Å². The molecule has 2 N–H and O–H groups in total. The van der Waals surface area contributed by atoms with Crippen LogP contribution in [0.4, 0.5) is 10.1 Å². The third kappa shape index (κ3) is 2.93. The number of benzene rings is 2. The molecule has 2 rings (SSSR count). The summed E-state index contributed by atoms with van der Waals surface area (Å²) in [5, 5.41) is 0.274. The molecule has 0 aliphatic rings. The quantitative estimate of drug-likeness (QED) is 0.856. The summed E-state index contributed by atoms with van der Waals surface area (Å²) in [6.45, 7) is 0.328. The van der Waals surface area contributed by atoms with E-state index in [4.69, 9.17) is 22.1 Å². The van der Waals surface area contributed by atoms with Crippen molar-refractivity contribution in [1.29, 1.82) is 0 Å². The van der Waals surface area contributed by atoms with Crippen molar-refractivity contribution in [3.63, 3.8) is 0 Å². The van der Waals surface area contributed by atoms with Crippen LogP contribution in [-0.2, 0) is 6.42 Å². The second kappa shape index (κ2) is 5.74. The molecule has 0 radical (unpaired) electrons. The summed E-state index contributed by atoms with van der Waals surface area (Å²) in [5.74, 6) is -0.364. The van der Waals surface area contributed by atoms with Gasteiger partial charge in [0.25, 0.3) is 0 Å². The fraction of sp³-hybridized carbons (Fsp3) is 0.143. The molecule has 0 atom stereocenters. The van der Waals surface area contributed by atoms with Crippen LogP contribution in [0.5, 0.6) is 5.75 Å². The van der Waals surface area contributed by atoms with Crippen LogP contribution in [0.15, 0.2) is 42.5 Å². The molecule has 0 unspecified atom stereocenters. The van der Waals surface area contributed by atoms with E-state index in [2.05, 4.69) is 0 Å². The Bertz CT molecular complexity index is 525. The highest BCUT2D eigenvalue weighted by Gasteiger charge is 2.08. The van der Waals surface area contributed by atoms with Crippen molar-refractivity contribution in [2.45, 2.75) is 6.42 Å². The third-order valence-electron chi connectivity index (χ3n) is 2.59. The van der Waals surface area contributed by atoms with E-state index in [9.17, 15) is 4.39 Å². The van der Waals surface area contributed by atoms with Crippen LogP contribution in [0.1, 0.15) is 5.56 Å². The Labute approximate surface area is 110 Å². The highest BCUT2D eigenvalue weighted by molar-refractivity contribution is 6.32. The minimum Gasteiger partial charge on any atom is -0.489 e. The number of hydrogen-bond acceptors (Lipinski definition) is 2. The van der Waals surface area contributed by atoms with E-state index in [1.54, 1.807) is 12.1 Å². The first-order valence-corrected chi connectivity index (χ1v) is 5.96. The maximum absolute atomic E-state index is 13.4. The molecule has 0 saturated carbocycles. The first-order valence-electron chi connectivity index (χ1n) is 5.58. The van der Waals surface area contributed by atoms with E-state index in [0.29, 0.717) is 18.7 Å². The Hall–Kier alpha value is -1.74. The molecule has 0 spiro atoms. The zero-order valence-corrected chi connectivity index (χ0v) is 10.5. The van der Waals surface area contributed by atoms with Crippen LogP contribution < -0.4 is 10.5 Å². The third-order valence-corrected chi connectivity index (χ3v) is 2.89. The average molecular weight is 266 g/mol. The van der Waals surface area contributed by atoms with Gasteiger partial charge < -0.3 is 10.5 Å². The van der Waals surface area contributed by atoms with Gasteiger partial charge in [-0.3, -0.25) is 0 Å². The molecule has 2 aromatic rings. The number of ether oxygens (including phenoxy) is 1. The molecule has 0 aliphatic heterocycles. The molecule has 18 heavy (non-hydrogen) atoms. The molecule has 4 heteroatoms. The first-order chi connectivity index (χ1) is 8.68. The van der Waals surface area contributed by atoms with Gasteiger partial charge in [0.15, 0.2) is 11.6 Å². The lowest BCUT2D eigenvalue weighted by molar-refractivity contribution is 0.305. The number of rotatable bonds is 4. The molecule has 0 fully saturated rings. The molecule has 0 aromatic heterocycles. The predicted molar refractivity (Wildman–Crippen MR) is 71.5 cm³/mol. The summed E-state index contributed by atoms with van der Waals surface area (Å²) in [5.41, 5.74) is 7.49. The highest BCUT2D eigenvalue weighted by Crippen LogP contribution is 2.27. The van der Waals surface area contributed by atoms with Gasteiger partial charge in [0, 0.05) is 12.1 Å². The minimum atomic E-state index is -0.455. The van der Waals surface area contributed by atoms with E-state index in [1.807, 2.05) is 24.3 Å². The van der Waals surface area contributed by atoms with Crippen molar-refractivity contribution < 1.29 is 9.13 Å². The molecular weight excluding hydrogens is 253 g/mol. The van der Waals surface area contributed by atoms with E-state index in [1.165, 1.54) is 6.07 Å². The van der Waals surface area contributed by atoms with E-state index in [-0.39, 0.29) is 10.8 Å². The summed E-state index contributed by atoms with van der Waals surface area (Å²) in [6.07, 6.45) is 0.608. The molecule has 2 aromatic carbocycles. The predicted octanol–water partition coefficient (Wildman–Crippen LogP) is 3.68. The monoisotopic (exact) mass is 265 g/mol. The number of nitrogen functional groups attached to an aromatic ring is 1. The van der Waals surface area contributed by atoms with Crippen molar-refractivity contribution in [3.8, 4) is 5.75 Å². The second-order valence-electron chi connectivity index (χ2n) is 3.85. The Morgan fingerprint density at radius 1 is 1.11 bits per heavy atom. The van der Waals surface area contributed by atoms with Crippen LogP contribution in [-0.4, -0.2) is 6.61 Å². The molecule has 0 aliphatic carbocycles. The molecule has 0 saturated heterocycles. The zero-order valence-electron chi connectivity index (χ0n) is 9.70. The number of para-hydroxylation sites is 2. The van der Waals surface area contributed by atoms with Crippen LogP contribution in [0.2, 0.25) is 5.02 Å². The molecular formula is C14H13ClFNO. The summed E-state index contributed by atoms with van der Waals surface area (Å²) < 4.78 is 18.8. The van der Waals surface area contributed by atoms with Gasteiger partial charge >= 0.3 is 0 Å². The van der Waals surface area contributed by atoms with Crippen LogP contribution in [0.25, 0.3) is 0 Å². The normalized spacial score (nSPS) is 10.3. The Balaban J connectivity index is 1.99. The summed E-state index contributed by atoms with van der Waals surface area (Å²) in [6, 6.07) is 12.0. The summed E-state index contributed by atoms with van der Waals surface area (Å²) >= 11 is 5.85. The first kappa shape index (κ1) is 12.7. The van der Waals surface area contributed by atoms with Gasteiger partial charge in [0.1, 0.15) is 0 Å². The van der Waals surface area contributed by atoms with Gasteiger partial charge in [0.2, 0.25) is 0 Å². The standard InChI is InChI=1S/C14H13ClFNO/c15-11-5-3-6-12(16)14(11)18-9-8-10-4-1-2-7-13(10)17/h1-7H,8-9,17H2. The Morgan fingerprint density at radius 3 is 2.61 bits per heavy atom. The van der Waals surface area contributed by atoms with Crippen LogP contribution in [0, 0.1) is 5.82 Å². The van der Waals surface area contributed by atoms with E-state index < -0.39 is 5.82 Å². The number of halogens is 2. The second-order valence-corrected chi connectivity index (χ2v) is 4.26. The SMILES string of the molecule is Nc1ccccc1CCOc1c(F)cccc1Cl. The van der Waals surface area contributed by atoms with Gasteiger partial charge in [-0.25, -0.2) is 4.39 Å². The fourth-order valence-electron chi connectivity index (χ4n) is 1.65. The largest absolute Gasteiger partial charge is 0.489 e. The lowest BCUT2D eigenvalue weighted by atomic mass is 10.1. The lowest BCUT2D eigenvalue weighted by Gasteiger charge is -2.09. The maximum atomic E-state index is 13.4. The topological polar surface area (TPSA) is 35.2 Å². The van der Waals surface area contributed by atoms with Gasteiger partial charge in [-0.1, -0.05) is 35.9 Å². The van der Waals surface area contributed by atoms with Gasteiger partial charge in [-0.05, 0) is 23.8 Å². The van der Waals surface area contributed by atoms with Crippen LogP contribution in [0.3, 0.4) is 0 Å². The Kier molecular flexibility index (Phi) is 4.05. The molecule has 0 bridgehead atoms. The summed E-state index contributed by atoms with van der Waals surface area (Å²) in [4.78, 5) is 0. The average Bonchev–Trinajstić information content (AvgIpc) is 2.35. The fourth-order valence-corrected chi connectivity index (χ4v) is 1.86. The number of hydrogen-bond donors (Lipinski definition) is 1. The van der Waals surface area contributed by atoms with Crippen molar-refractivity contribution >= 4 is 17.3 Å². The Morgan fingerprint density at radius 2 is 1.89 bits per heavy atom. The van der Waals surface area contributed by atoms with Crippen molar-refractivity contribution in [3.05, 3.63) is 58.9 Å². The molecule has 94 valence electrons. The molecule has 0 heterocycles. The number of nitrogens with two attached hydrogens (primary N) is 1. The summed E-state index contributed by atoms with van der Waals surface area (Å²) in [7, 11) is 0. The smallest absolute Gasteiger partial charge is 0.173 e. The van der Waals surface area contributed by atoms with Gasteiger partial charge in [0.05, 0.1) is 11.6 Å². The molecule has 0 amide bonds. The van der Waals surface area contributed by atoms with E-state index in [0.717, 1.165) is 5.56 Å². The number of anilines is 1. The van der Waals surface area contributed by atoms with Crippen LogP contribution >= 0.6 is 11.6 Å². The van der Waals surface area contributed by atoms with E-state index >= 15 is 0 Å². The van der Waals surface area contributed by atoms with Gasteiger partial charge in [-0.15, -0.1) is 0 Å². The minimum absolute atomic E-state index is 0.0914. The highest BCUT2D eigenvalue weighted by atomic mass is 35.5.